The molecular formula is C39H56O9. The van der Waals surface area contributed by atoms with Crippen molar-refractivity contribution in [3.05, 3.63) is 144 Å². The molecule has 9 heteroatoms. The van der Waals surface area contributed by atoms with Gasteiger partial charge in [0.05, 0.1) is 39.6 Å². The van der Waals surface area contributed by atoms with E-state index in [1.165, 1.54) is 22.3 Å². The molecule has 4 aromatic carbocycles. The Labute approximate surface area is 285 Å². The first-order valence-electron chi connectivity index (χ1n) is 15.8. The standard InChI is InChI=1S/2C15H16.3C3H8O3/c2*1-15(2,13-9-5-3-6-10-13)14-11-7-4-8-12-14;3*4-1-3(6)2-5/h2*3-12H,1-2H3;3*3-6H,1-2H2. The number of aliphatic hydroxyl groups is 9. The Kier molecular flexibility index (Phi) is 23.7. The molecule has 0 unspecified atom stereocenters. The Morgan fingerprint density at radius 2 is 0.479 bits per heavy atom. The zero-order valence-corrected chi connectivity index (χ0v) is 28.5. The van der Waals surface area contributed by atoms with Gasteiger partial charge < -0.3 is 46.0 Å². The molecule has 0 radical (unpaired) electrons. The van der Waals surface area contributed by atoms with E-state index in [-0.39, 0.29) is 50.5 Å². The minimum absolute atomic E-state index is 0.0858. The average Bonchev–Trinajstić information content (AvgIpc) is 3.16. The monoisotopic (exact) mass is 668 g/mol. The zero-order chi connectivity index (χ0) is 36.4. The fraction of sp³-hybridized carbons (Fsp3) is 0.385. The van der Waals surface area contributed by atoms with Crippen LogP contribution in [0.5, 0.6) is 0 Å². The number of hydrogen-bond donors (Lipinski definition) is 9. The molecule has 0 fully saturated rings. The van der Waals surface area contributed by atoms with E-state index >= 15 is 0 Å². The van der Waals surface area contributed by atoms with Gasteiger partial charge in [-0.3, -0.25) is 0 Å². The van der Waals surface area contributed by atoms with Gasteiger partial charge in [-0.15, -0.1) is 0 Å². The average molecular weight is 669 g/mol. The lowest BCUT2D eigenvalue weighted by molar-refractivity contribution is 0.0450. The number of benzene rings is 4. The first kappa shape index (κ1) is 44.5. The van der Waals surface area contributed by atoms with Crippen molar-refractivity contribution < 1.29 is 46.0 Å². The van der Waals surface area contributed by atoms with Crippen molar-refractivity contribution >= 4 is 0 Å². The minimum Gasteiger partial charge on any atom is -0.394 e. The van der Waals surface area contributed by atoms with Crippen LogP contribution in [0.4, 0.5) is 0 Å². The number of aliphatic hydroxyl groups excluding tert-OH is 9. The summed E-state index contributed by atoms with van der Waals surface area (Å²) in [5.41, 5.74) is 5.60. The Morgan fingerprint density at radius 1 is 0.333 bits per heavy atom. The van der Waals surface area contributed by atoms with Gasteiger partial charge in [0.1, 0.15) is 18.3 Å². The van der Waals surface area contributed by atoms with Crippen LogP contribution in [0.25, 0.3) is 0 Å². The molecule has 0 amide bonds. The normalized spacial score (nSPS) is 10.8. The molecule has 4 rings (SSSR count). The zero-order valence-electron chi connectivity index (χ0n) is 28.5. The highest BCUT2D eigenvalue weighted by molar-refractivity contribution is 5.38. The molecule has 9 N–H and O–H groups in total. The third-order valence-electron chi connectivity index (χ3n) is 7.25. The molecule has 4 aromatic rings. The quantitative estimate of drug-likeness (QED) is 0.123. The van der Waals surface area contributed by atoms with E-state index in [9.17, 15) is 0 Å². The maximum Gasteiger partial charge on any atom is 0.100 e. The second-order valence-electron chi connectivity index (χ2n) is 11.8. The molecule has 266 valence electrons. The topological polar surface area (TPSA) is 182 Å². The maximum absolute atomic E-state index is 8.17. The van der Waals surface area contributed by atoms with Gasteiger partial charge in [0.15, 0.2) is 0 Å². The van der Waals surface area contributed by atoms with E-state index in [2.05, 4.69) is 149 Å². The van der Waals surface area contributed by atoms with Crippen molar-refractivity contribution in [2.75, 3.05) is 39.6 Å². The third kappa shape index (κ3) is 17.6. The van der Waals surface area contributed by atoms with Gasteiger partial charge in [-0.2, -0.15) is 0 Å². The number of hydrogen-bond acceptors (Lipinski definition) is 9. The predicted molar refractivity (Wildman–Crippen MR) is 191 cm³/mol. The van der Waals surface area contributed by atoms with Gasteiger partial charge in [0, 0.05) is 10.8 Å². The van der Waals surface area contributed by atoms with Gasteiger partial charge in [0.25, 0.3) is 0 Å². The summed E-state index contributed by atoms with van der Waals surface area (Å²) in [7, 11) is 0. The van der Waals surface area contributed by atoms with Crippen LogP contribution < -0.4 is 0 Å². The molecule has 0 atom stereocenters. The van der Waals surface area contributed by atoms with Crippen LogP contribution in [-0.2, 0) is 10.8 Å². The molecule has 0 heterocycles. The largest absolute Gasteiger partial charge is 0.394 e. The minimum atomic E-state index is -0.954. The van der Waals surface area contributed by atoms with E-state index in [1.807, 2.05) is 0 Å². The smallest absolute Gasteiger partial charge is 0.100 e. The summed E-state index contributed by atoms with van der Waals surface area (Å²) in [5.74, 6) is 0. The second kappa shape index (κ2) is 25.5. The molecule has 0 saturated carbocycles. The lowest BCUT2D eigenvalue weighted by atomic mass is 9.78. The van der Waals surface area contributed by atoms with Gasteiger partial charge in [0.2, 0.25) is 0 Å². The second-order valence-corrected chi connectivity index (χ2v) is 11.8. The lowest BCUT2D eigenvalue weighted by Gasteiger charge is -2.25. The highest BCUT2D eigenvalue weighted by Gasteiger charge is 2.22. The Balaban J connectivity index is 0.000000624. The lowest BCUT2D eigenvalue weighted by Crippen LogP contribution is -2.18. The van der Waals surface area contributed by atoms with Crippen molar-refractivity contribution in [3.63, 3.8) is 0 Å². The molecule has 9 nitrogen and oxygen atoms in total. The third-order valence-corrected chi connectivity index (χ3v) is 7.25. The van der Waals surface area contributed by atoms with Gasteiger partial charge >= 0.3 is 0 Å². The van der Waals surface area contributed by atoms with Gasteiger partial charge in [-0.05, 0) is 22.3 Å². The Bertz CT molecular complexity index is 1070. The summed E-state index contributed by atoms with van der Waals surface area (Å²) in [5, 5.41) is 72.0. The van der Waals surface area contributed by atoms with E-state index in [4.69, 9.17) is 46.0 Å². The molecule has 0 aromatic heterocycles. The molecule has 48 heavy (non-hydrogen) atoms. The summed E-state index contributed by atoms with van der Waals surface area (Å²) < 4.78 is 0. The summed E-state index contributed by atoms with van der Waals surface area (Å²) in [4.78, 5) is 0. The molecule has 0 aliphatic rings. The van der Waals surface area contributed by atoms with E-state index in [1.54, 1.807) is 0 Å². The molecule has 0 bridgehead atoms. The summed E-state index contributed by atoms with van der Waals surface area (Å²) >= 11 is 0. The van der Waals surface area contributed by atoms with E-state index in [0.29, 0.717) is 0 Å². The highest BCUT2D eigenvalue weighted by atomic mass is 16.4. The van der Waals surface area contributed by atoms with Gasteiger partial charge in [-0.1, -0.05) is 149 Å². The van der Waals surface area contributed by atoms with Crippen molar-refractivity contribution in [1.82, 2.24) is 0 Å². The van der Waals surface area contributed by atoms with Crippen molar-refractivity contribution in [2.24, 2.45) is 0 Å². The SMILES string of the molecule is CC(C)(c1ccccc1)c1ccccc1.CC(C)(c1ccccc1)c1ccccc1.OCC(O)CO.OCC(O)CO.OCC(O)CO. The molecule has 0 saturated heterocycles. The van der Waals surface area contributed by atoms with Crippen LogP contribution in [0, 0.1) is 0 Å². The van der Waals surface area contributed by atoms with Crippen molar-refractivity contribution in [1.29, 1.82) is 0 Å². The fourth-order valence-corrected chi connectivity index (χ4v) is 3.93. The molecule has 0 aliphatic heterocycles. The van der Waals surface area contributed by atoms with Crippen molar-refractivity contribution in [2.45, 2.75) is 56.8 Å². The van der Waals surface area contributed by atoms with Gasteiger partial charge in [-0.25, -0.2) is 0 Å². The predicted octanol–water partition coefficient (Wildman–Crippen LogP) is 3.02. The highest BCUT2D eigenvalue weighted by Crippen LogP contribution is 2.31. The molecule has 0 spiro atoms. The van der Waals surface area contributed by atoms with Crippen LogP contribution in [-0.4, -0.2) is 104 Å². The summed E-state index contributed by atoms with van der Waals surface area (Å²) in [6.45, 7) is 6.86. The van der Waals surface area contributed by atoms with Crippen LogP contribution in [0.3, 0.4) is 0 Å². The van der Waals surface area contributed by atoms with Crippen LogP contribution in [0.1, 0.15) is 49.9 Å². The van der Waals surface area contributed by atoms with Crippen LogP contribution >= 0.6 is 0 Å². The van der Waals surface area contributed by atoms with E-state index < -0.39 is 18.3 Å². The van der Waals surface area contributed by atoms with E-state index in [0.717, 1.165) is 0 Å². The number of rotatable bonds is 10. The molecule has 0 aliphatic carbocycles. The Hall–Kier alpha value is -3.48. The first-order valence-corrected chi connectivity index (χ1v) is 15.8. The first-order chi connectivity index (χ1) is 22.8. The van der Waals surface area contributed by atoms with Crippen molar-refractivity contribution in [3.8, 4) is 0 Å². The molecular weight excluding hydrogens is 612 g/mol. The van der Waals surface area contributed by atoms with Crippen LogP contribution in [0.15, 0.2) is 121 Å². The summed E-state index contributed by atoms with van der Waals surface area (Å²) in [6.07, 6.45) is -2.86. The van der Waals surface area contributed by atoms with Crippen LogP contribution in [0.2, 0.25) is 0 Å². The maximum atomic E-state index is 8.17. The Morgan fingerprint density at radius 3 is 0.583 bits per heavy atom. The summed E-state index contributed by atoms with van der Waals surface area (Å²) in [6, 6.07) is 42.5. The fourth-order valence-electron chi connectivity index (χ4n) is 3.93.